The first kappa shape index (κ1) is 35.4. The standard InChI is InChI=1S/C38H42N4O11/c1-17-34-21(42-10-11-50-36(49-4)35(42)53-34)12-25(51-17)52-23-14-38(2,37(47)41-16-18-8-9-24(39)40-15-18)13-20-27(23)33(46)29-28(31(20)44)30(43)19-6-5-7-22(48-3)26(19)32(29)45/h5-9,15,17,21,23,25,34-36,44,46H,10-14,16H2,1-4H3,(H2,39,40)(H,41,47)/t17-,21-,23-,25-,34+,35+,36-,38+/m0/s1. The zero-order valence-corrected chi connectivity index (χ0v) is 29.8. The number of nitrogens with zero attached hydrogens (tertiary/aromatic N) is 2. The van der Waals surface area contributed by atoms with Gasteiger partial charge in [0.15, 0.2) is 24.6 Å². The van der Waals surface area contributed by atoms with E-state index in [2.05, 4.69) is 15.2 Å². The summed E-state index contributed by atoms with van der Waals surface area (Å²) in [5.74, 6) is -2.16. The molecule has 2 aliphatic carbocycles. The van der Waals surface area contributed by atoms with Crippen LogP contribution < -0.4 is 15.8 Å². The smallest absolute Gasteiger partial charge is 0.226 e. The number of phenolic OH excluding ortho intramolecular Hbond substituents is 2. The first-order valence-electron chi connectivity index (χ1n) is 17.7. The molecule has 5 aliphatic rings. The Labute approximate surface area is 305 Å². The fourth-order valence-electron chi connectivity index (χ4n) is 8.64. The maximum atomic E-state index is 14.1. The fraction of sp³-hybridized carbons (Fsp3) is 0.474. The minimum Gasteiger partial charge on any atom is -0.507 e. The van der Waals surface area contributed by atoms with Crippen LogP contribution in [-0.4, -0.2) is 102 Å². The second-order valence-corrected chi connectivity index (χ2v) is 14.5. The molecule has 3 aliphatic heterocycles. The SMILES string of the molecule is COc1cccc2c1C(=O)c1c(O)c3c(c(O)c1C2=O)C[C@@](C)(C(=O)NCc1ccc(N)nc1)C[C@@H]3O[C@H]1C[C@H]2[C@H](O[C@@H]3[C@@H](OC)OCCN32)[C@H](C)O1. The first-order chi connectivity index (χ1) is 25.4. The third-order valence-corrected chi connectivity index (χ3v) is 11.2. The summed E-state index contributed by atoms with van der Waals surface area (Å²) < 4.78 is 36.2. The summed E-state index contributed by atoms with van der Waals surface area (Å²) in [6.07, 6.45) is -1.66. The third kappa shape index (κ3) is 5.73. The molecule has 4 heterocycles. The number of ketones is 2. The molecule has 3 aromatic rings. The number of methoxy groups -OCH3 is 2. The number of amides is 1. The highest BCUT2D eigenvalue weighted by Gasteiger charge is 2.55. The average Bonchev–Trinajstić information content (AvgIpc) is 3.53. The zero-order valence-electron chi connectivity index (χ0n) is 29.8. The van der Waals surface area contributed by atoms with E-state index in [1.54, 1.807) is 44.5 Å². The molecule has 2 aromatic carbocycles. The highest BCUT2D eigenvalue weighted by Crippen LogP contribution is 2.54. The lowest BCUT2D eigenvalue weighted by Gasteiger charge is -2.44. The number of fused-ring (bicyclic) bond motifs is 6. The Morgan fingerprint density at radius 3 is 2.62 bits per heavy atom. The number of aromatic hydroxyl groups is 2. The van der Waals surface area contributed by atoms with Crippen LogP contribution in [0.1, 0.15) is 81.3 Å². The Hall–Kier alpha value is -4.64. The van der Waals surface area contributed by atoms with Gasteiger partial charge in [0.1, 0.15) is 29.2 Å². The van der Waals surface area contributed by atoms with Crippen molar-refractivity contribution in [2.45, 2.75) is 82.8 Å². The molecule has 1 aromatic heterocycles. The van der Waals surface area contributed by atoms with Gasteiger partial charge >= 0.3 is 0 Å². The molecule has 5 N–H and O–H groups in total. The number of aromatic nitrogens is 1. The molecule has 0 saturated carbocycles. The summed E-state index contributed by atoms with van der Waals surface area (Å²) >= 11 is 0. The summed E-state index contributed by atoms with van der Waals surface area (Å²) in [4.78, 5) is 48.5. The highest BCUT2D eigenvalue weighted by molar-refractivity contribution is 6.31. The fourth-order valence-corrected chi connectivity index (χ4v) is 8.64. The second-order valence-electron chi connectivity index (χ2n) is 14.5. The molecule has 3 fully saturated rings. The van der Waals surface area contributed by atoms with Crippen LogP contribution in [0.25, 0.3) is 0 Å². The third-order valence-electron chi connectivity index (χ3n) is 11.2. The normalized spacial score (nSPS) is 30.5. The molecular formula is C38H42N4O11. The quantitative estimate of drug-likeness (QED) is 0.202. The number of rotatable bonds is 7. The number of carbonyl (C=O) groups is 3. The van der Waals surface area contributed by atoms with Crippen molar-refractivity contribution < 1.29 is 53.0 Å². The van der Waals surface area contributed by atoms with Crippen LogP contribution in [0.3, 0.4) is 0 Å². The van der Waals surface area contributed by atoms with Crippen LogP contribution in [0.15, 0.2) is 36.5 Å². The van der Waals surface area contributed by atoms with Crippen molar-refractivity contribution in [2.75, 3.05) is 33.1 Å². The number of pyridine rings is 1. The van der Waals surface area contributed by atoms with Crippen LogP contribution in [0.4, 0.5) is 5.82 Å². The Morgan fingerprint density at radius 2 is 1.89 bits per heavy atom. The van der Waals surface area contributed by atoms with Crippen LogP contribution >= 0.6 is 0 Å². The summed E-state index contributed by atoms with van der Waals surface area (Å²) in [7, 11) is 2.95. The molecule has 8 rings (SSSR count). The number of nitrogens with one attached hydrogen (secondary N) is 1. The van der Waals surface area contributed by atoms with Gasteiger partial charge in [0.05, 0.1) is 48.0 Å². The Morgan fingerprint density at radius 1 is 1.09 bits per heavy atom. The Balaban J connectivity index is 1.17. The van der Waals surface area contributed by atoms with E-state index < -0.39 is 59.5 Å². The molecule has 0 unspecified atom stereocenters. The molecular weight excluding hydrogens is 688 g/mol. The van der Waals surface area contributed by atoms with Crippen molar-refractivity contribution in [3.05, 3.63) is 75.5 Å². The molecule has 0 spiro atoms. The minimum absolute atomic E-state index is 0.0112. The van der Waals surface area contributed by atoms with Crippen LogP contribution in [0.2, 0.25) is 0 Å². The number of nitrogens with two attached hydrogens (primary N) is 1. The minimum atomic E-state index is -1.21. The van der Waals surface area contributed by atoms with E-state index in [0.717, 1.165) is 5.56 Å². The number of hydrogen-bond acceptors (Lipinski definition) is 14. The predicted molar refractivity (Wildman–Crippen MR) is 185 cm³/mol. The zero-order chi connectivity index (χ0) is 37.3. The maximum absolute atomic E-state index is 14.1. The average molecular weight is 731 g/mol. The van der Waals surface area contributed by atoms with Gasteiger partial charge in [-0.2, -0.15) is 0 Å². The van der Waals surface area contributed by atoms with Crippen LogP contribution in [-0.2, 0) is 41.4 Å². The van der Waals surface area contributed by atoms with E-state index in [4.69, 9.17) is 34.2 Å². The molecule has 53 heavy (non-hydrogen) atoms. The van der Waals surface area contributed by atoms with Crippen molar-refractivity contribution in [3.63, 3.8) is 0 Å². The van der Waals surface area contributed by atoms with Crippen molar-refractivity contribution in [1.29, 1.82) is 0 Å². The lowest BCUT2D eigenvalue weighted by atomic mass is 9.68. The van der Waals surface area contributed by atoms with Gasteiger partial charge in [-0.15, -0.1) is 0 Å². The van der Waals surface area contributed by atoms with Gasteiger partial charge in [-0.05, 0) is 37.5 Å². The van der Waals surface area contributed by atoms with Gasteiger partial charge in [-0.1, -0.05) is 25.1 Å². The molecule has 8 atom stereocenters. The summed E-state index contributed by atoms with van der Waals surface area (Å²) in [6.45, 7) is 4.85. The molecule has 1 amide bonds. The van der Waals surface area contributed by atoms with E-state index in [0.29, 0.717) is 25.4 Å². The van der Waals surface area contributed by atoms with E-state index in [-0.39, 0.29) is 76.6 Å². The van der Waals surface area contributed by atoms with E-state index in [9.17, 15) is 24.6 Å². The monoisotopic (exact) mass is 730 g/mol. The largest absolute Gasteiger partial charge is 0.507 e. The molecule has 15 heteroatoms. The lowest BCUT2D eigenvalue weighted by Crippen LogP contribution is -2.55. The Kier molecular flexibility index (Phi) is 8.91. The number of hydrogen-bond donors (Lipinski definition) is 4. The topological polar surface area (TPSA) is 201 Å². The number of anilines is 1. The molecule has 0 bridgehead atoms. The van der Waals surface area contributed by atoms with Gasteiger partial charge in [0.25, 0.3) is 0 Å². The number of morpholine rings is 1. The summed E-state index contributed by atoms with van der Waals surface area (Å²) in [5, 5.41) is 27.0. The molecule has 3 saturated heterocycles. The van der Waals surface area contributed by atoms with Crippen LogP contribution in [0, 0.1) is 5.41 Å². The van der Waals surface area contributed by atoms with Crippen LogP contribution in [0.5, 0.6) is 17.2 Å². The highest BCUT2D eigenvalue weighted by atomic mass is 16.7. The van der Waals surface area contributed by atoms with Crippen molar-refractivity contribution in [3.8, 4) is 17.2 Å². The number of nitrogen functional groups attached to an aromatic ring is 1. The maximum Gasteiger partial charge on any atom is 0.226 e. The molecule has 15 nitrogen and oxygen atoms in total. The van der Waals surface area contributed by atoms with Gasteiger partial charge in [-0.25, -0.2) is 4.98 Å². The number of benzene rings is 2. The van der Waals surface area contributed by atoms with E-state index >= 15 is 0 Å². The number of carbonyl (C=O) groups excluding carboxylic acids is 3. The lowest BCUT2D eigenvalue weighted by molar-refractivity contribution is -0.255. The van der Waals surface area contributed by atoms with E-state index in [1.807, 2.05) is 6.92 Å². The predicted octanol–water partition coefficient (Wildman–Crippen LogP) is 2.72. The second kappa shape index (κ2) is 13.3. The summed E-state index contributed by atoms with van der Waals surface area (Å²) in [6, 6.07) is 7.88. The van der Waals surface area contributed by atoms with Crippen molar-refractivity contribution in [2.24, 2.45) is 5.41 Å². The van der Waals surface area contributed by atoms with E-state index in [1.165, 1.54) is 13.2 Å². The van der Waals surface area contributed by atoms with Gasteiger partial charge < -0.3 is 49.7 Å². The molecule has 280 valence electrons. The number of phenols is 2. The van der Waals surface area contributed by atoms with Gasteiger partial charge in [-0.3, -0.25) is 19.3 Å². The van der Waals surface area contributed by atoms with Crippen molar-refractivity contribution in [1.82, 2.24) is 15.2 Å². The van der Waals surface area contributed by atoms with Crippen molar-refractivity contribution >= 4 is 23.3 Å². The van der Waals surface area contributed by atoms with Gasteiger partial charge in [0.2, 0.25) is 11.7 Å². The summed E-state index contributed by atoms with van der Waals surface area (Å²) in [5.41, 5.74) is 4.86. The Bertz CT molecular complexity index is 1990. The molecule has 0 radical (unpaired) electrons. The number of ether oxygens (including phenoxy) is 6. The van der Waals surface area contributed by atoms with Gasteiger partial charge in [0, 0.05) is 55.5 Å². The first-order valence-corrected chi connectivity index (χ1v) is 17.7.